The number of rotatable bonds is 13. The molecule has 0 spiro atoms. The highest BCUT2D eigenvalue weighted by atomic mass is 32.2. The number of thioether (sulfide) groups is 1. The minimum Gasteiger partial charge on any atom is -0.383 e. The van der Waals surface area contributed by atoms with Crippen molar-refractivity contribution in [2.45, 2.75) is 43.0 Å². The van der Waals surface area contributed by atoms with Gasteiger partial charge >= 0.3 is 0 Å². The van der Waals surface area contributed by atoms with Gasteiger partial charge in [-0.05, 0) is 73.1 Å². The summed E-state index contributed by atoms with van der Waals surface area (Å²) in [6.07, 6.45) is 6.35. The Morgan fingerprint density at radius 3 is 2.74 bits per heavy atom. The highest BCUT2D eigenvalue weighted by Crippen LogP contribution is 2.21. The first-order chi connectivity index (χ1) is 18.4. The quantitative estimate of drug-likeness (QED) is 0.173. The van der Waals surface area contributed by atoms with Crippen LogP contribution >= 0.6 is 35.7 Å². The van der Waals surface area contributed by atoms with E-state index in [0.717, 1.165) is 42.1 Å². The molecule has 3 N–H and O–H groups in total. The fraction of sp³-hybridized carbons (Fsp3) is 0.393. The van der Waals surface area contributed by atoms with Crippen LogP contribution in [0.2, 0.25) is 0 Å². The van der Waals surface area contributed by atoms with Gasteiger partial charge in [-0.1, -0.05) is 18.2 Å². The van der Waals surface area contributed by atoms with Gasteiger partial charge < -0.3 is 16.0 Å². The number of aromatic nitrogens is 1. The van der Waals surface area contributed by atoms with E-state index in [1.165, 1.54) is 23.5 Å². The van der Waals surface area contributed by atoms with Gasteiger partial charge in [0.25, 0.3) is 5.91 Å². The molecule has 1 fully saturated rings. The molecule has 38 heavy (non-hydrogen) atoms. The Kier molecular flexibility index (Phi) is 10.6. The van der Waals surface area contributed by atoms with Crippen LogP contribution in [0.15, 0.2) is 54.0 Å². The fourth-order valence-electron chi connectivity index (χ4n) is 4.47. The lowest BCUT2D eigenvalue weighted by Crippen LogP contribution is -2.41. The largest absolute Gasteiger partial charge is 0.383 e. The van der Waals surface area contributed by atoms with Crippen LogP contribution in [-0.4, -0.2) is 59.1 Å². The molecule has 6 nitrogen and oxygen atoms in total. The molecular formula is C28H33FN4O2S3. The average Bonchev–Trinajstić information content (AvgIpc) is 3.61. The number of nitrogens with one attached hydrogen (secondary N) is 3. The van der Waals surface area contributed by atoms with Crippen molar-refractivity contribution < 1.29 is 14.0 Å². The van der Waals surface area contributed by atoms with Crippen molar-refractivity contribution in [2.24, 2.45) is 0 Å². The van der Waals surface area contributed by atoms with Crippen molar-refractivity contribution in [1.82, 2.24) is 15.6 Å². The molecule has 202 valence electrons. The van der Waals surface area contributed by atoms with Crippen LogP contribution in [0, 0.1) is 5.82 Å². The Labute approximate surface area is 237 Å². The second-order valence-electron chi connectivity index (χ2n) is 9.38. The highest BCUT2D eigenvalue weighted by Gasteiger charge is 2.26. The Balaban J connectivity index is 1.53. The van der Waals surface area contributed by atoms with E-state index in [1.807, 2.05) is 24.5 Å². The monoisotopic (exact) mass is 572 g/mol. The zero-order valence-corrected chi connectivity index (χ0v) is 23.8. The molecule has 2 aromatic carbocycles. The number of aryl methyl sites for hydroxylation is 2. The van der Waals surface area contributed by atoms with E-state index < -0.39 is 6.04 Å². The van der Waals surface area contributed by atoms with Gasteiger partial charge in [0, 0.05) is 47.2 Å². The number of thiol groups is 1. The van der Waals surface area contributed by atoms with Crippen molar-refractivity contribution in [2.75, 3.05) is 30.4 Å². The van der Waals surface area contributed by atoms with E-state index >= 15 is 0 Å². The van der Waals surface area contributed by atoms with E-state index in [2.05, 4.69) is 33.6 Å². The zero-order chi connectivity index (χ0) is 26.9. The van der Waals surface area contributed by atoms with E-state index in [1.54, 1.807) is 35.5 Å². The van der Waals surface area contributed by atoms with Gasteiger partial charge in [0.2, 0.25) is 5.78 Å². The number of amides is 1. The lowest BCUT2D eigenvalue weighted by molar-refractivity contribution is 0.0855. The molecule has 1 amide bonds. The predicted molar refractivity (Wildman–Crippen MR) is 159 cm³/mol. The third-order valence-corrected chi connectivity index (χ3v) is 8.40. The fourth-order valence-corrected chi connectivity index (χ4v) is 5.94. The molecule has 0 radical (unpaired) electrons. The van der Waals surface area contributed by atoms with Gasteiger partial charge in [0.05, 0.1) is 6.04 Å². The van der Waals surface area contributed by atoms with Crippen LogP contribution in [0.1, 0.15) is 44.1 Å². The van der Waals surface area contributed by atoms with E-state index in [4.69, 9.17) is 0 Å². The Morgan fingerprint density at radius 1 is 1.24 bits per heavy atom. The van der Waals surface area contributed by atoms with Gasteiger partial charge in [-0.15, -0.1) is 11.3 Å². The number of benzene rings is 2. The number of carbonyl (C=O) groups excluding carboxylic acids is 2. The molecule has 1 saturated heterocycles. The Bertz CT molecular complexity index is 1210. The topological polar surface area (TPSA) is 83.1 Å². The first-order valence-electron chi connectivity index (χ1n) is 12.7. The van der Waals surface area contributed by atoms with Gasteiger partial charge in [0.1, 0.15) is 5.82 Å². The first kappa shape index (κ1) is 28.6. The van der Waals surface area contributed by atoms with Crippen LogP contribution in [0.4, 0.5) is 10.1 Å². The zero-order valence-electron chi connectivity index (χ0n) is 21.3. The number of ketones is 1. The molecule has 1 aliphatic heterocycles. The predicted octanol–water partition coefficient (Wildman–Crippen LogP) is 4.87. The molecule has 4 rings (SSSR count). The number of halogens is 1. The summed E-state index contributed by atoms with van der Waals surface area (Å²) in [5, 5.41) is 12.4. The lowest BCUT2D eigenvalue weighted by Gasteiger charge is -2.19. The second-order valence-corrected chi connectivity index (χ2v) is 12.0. The van der Waals surface area contributed by atoms with Gasteiger partial charge in [-0.3, -0.25) is 9.59 Å². The Morgan fingerprint density at radius 2 is 2.05 bits per heavy atom. The van der Waals surface area contributed by atoms with E-state index in [-0.39, 0.29) is 17.5 Å². The molecule has 10 heteroatoms. The van der Waals surface area contributed by atoms with Crippen molar-refractivity contribution >= 4 is 53.1 Å². The van der Waals surface area contributed by atoms with Crippen LogP contribution in [-0.2, 0) is 12.8 Å². The number of hydrogen-bond donors (Lipinski definition) is 4. The number of nitrogens with zero attached hydrogens (tertiary/aromatic N) is 1. The highest BCUT2D eigenvalue weighted by molar-refractivity contribution is 7.98. The van der Waals surface area contributed by atoms with Crippen LogP contribution in [0.25, 0.3) is 0 Å². The lowest BCUT2D eigenvalue weighted by atomic mass is 9.98. The van der Waals surface area contributed by atoms with E-state index in [0.29, 0.717) is 41.1 Å². The van der Waals surface area contributed by atoms with Crippen LogP contribution in [0.3, 0.4) is 0 Å². The molecule has 0 aliphatic carbocycles. The van der Waals surface area contributed by atoms with Crippen LogP contribution < -0.4 is 16.0 Å². The van der Waals surface area contributed by atoms with E-state index in [9.17, 15) is 14.0 Å². The first-order valence-corrected chi connectivity index (χ1v) is 15.5. The molecule has 1 aromatic heterocycles. The van der Waals surface area contributed by atoms with Crippen molar-refractivity contribution in [1.29, 1.82) is 0 Å². The summed E-state index contributed by atoms with van der Waals surface area (Å²) in [7, 11) is 0. The summed E-state index contributed by atoms with van der Waals surface area (Å²) in [5.74, 6) is 0.0134. The summed E-state index contributed by atoms with van der Waals surface area (Å²) in [5.41, 5.74) is 3.24. The molecule has 2 heterocycles. The summed E-state index contributed by atoms with van der Waals surface area (Å²) < 4.78 is 13.3. The van der Waals surface area contributed by atoms with Gasteiger partial charge in [-0.2, -0.15) is 24.4 Å². The molecule has 3 atom stereocenters. The van der Waals surface area contributed by atoms with Crippen molar-refractivity contribution in [3.05, 3.63) is 81.6 Å². The second kappa shape index (κ2) is 14.1. The average molecular weight is 573 g/mol. The van der Waals surface area contributed by atoms with Crippen molar-refractivity contribution in [3.63, 3.8) is 0 Å². The molecule has 0 saturated carbocycles. The minimum absolute atomic E-state index is 0.168. The van der Waals surface area contributed by atoms with Crippen molar-refractivity contribution in [3.8, 4) is 0 Å². The number of anilines is 1. The van der Waals surface area contributed by atoms with Crippen LogP contribution in [0.5, 0.6) is 0 Å². The third kappa shape index (κ3) is 8.05. The number of Topliss-reactive ketones (excluding diaryl/α,β-unsaturated/α-hetero) is 1. The molecule has 1 aliphatic rings. The summed E-state index contributed by atoms with van der Waals surface area (Å²) in [6.45, 7) is 1.61. The van der Waals surface area contributed by atoms with Gasteiger partial charge in [-0.25, -0.2) is 9.37 Å². The van der Waals surface area contributed by atoms with Gasteiger partial charge in [0.15, 0.2) is 5.01 Å². The standard InChI is InChI=1S/C28H33FN4O2S3/c1-37-12-10-25(26(34)28-30-11-13-38-28)33-27(35)24-15-21(31-16-22-14-23(36)17-32-22)9-6-19(24)5-2-18-3-7-20(29)8-4-18/h3-4,6-9,11,13,15,22-23,25,31-32,36H,2,5,10,12,14,16-17H2,1H3,(H,33,35). The minimum atomic E-state index is -0.655. The number of carbonyl (C=O) groups is 2. The molecule has 3 aromatic rings. The summed E-state index contributed by atoms with van der Waals surface area (Å²) in [6, 6.07) is 11.9. The summed E-state index contributed by atoms with van der Waals surface area (Å²) in [4.78, 5) is 30.9. The molecular weight excluding hydrogens is 540 g/mol. The maximum absolute atomic E-state index is 13.6. The summed E-state index contributed by atoms with van der Waals surface area (Å²) >= 11 is 7.46. The SMILES string of the molecule is CSCCC(NC(=O)c1cc(NCC2CC(S)CN2)ccc1CCc1ccc(F)cc1)C(=O)c1nccs1. The smallest absolute Gasteiger partial charge is 0.252 e. The number of hydrogen-bond acceptors (Lipinski definition) is 8. The maximum Gasteiger partial charge on any atom is 0.252 e. The molecule has 3 unspecified atom stereocenters. The molecule has 0 bridgehead atoms. The number of thiazole rings is 1. The third-order valence-electron chi connectivity index (χ3n) is 6.58. The maximum atomic E-state index is 13.6. The Hall–Kier alpha value is -2.40. The normalized spacial score (nSPS) is 17.8.